The van der Waals surface area contributed by atoms with Crippen molar-refractivity contribution < 1.29 is 22.7 Å². The van der Waals surface area contributed by atoms with Crippen molar-refractivity contribution in [2.24, 2.45) is 0 Å². The molecule has 0 aliphatic carbocycles. The number of aliphatic carboxylic acids is 1. The average Bonchev–Trinajstić information content (AvgIpc) is 2.50. The maximum atomic E-state index is 11.6. The summed E-state index contributed by atoms with van der Waals surface area (Å²) in [7, 11) is -2.65. The molecule has 6 nitrogen and oxygen atoms in total. The number of likely N-dealkylation sites (N-methyl/N-ethyl adjacent to an activating group) is 1. The molecule has 0 aromatic carbocycles. The van der Waals surface area contributed by atoms with Gasteiger partial charge in [0.2, 0.25) is 5.09 Å². The first kappa shape index (κ1) is 11.7. The molecule has 0 radical (unpaired) electrons. The molecule has 0 aliphatic heterocycles. The molecule has 0 saturated carbocycles. The van der Waals surface area contributed by atoms with E-state index in [1.807, 2.05) is 0 Å². The number of nitrogens with zero attached hydrogens (tertiary/aromatic N) is 1. The summed E-state index contributed by atoms with van der Waals surface area (Å²) in [5.74, 6) is -0.762. The Balaban J connectivity index is 2.98. The summed E-state index contributed by atoms with van der Waals surface area (Å²) in [5.41, 5.74) is 0. The van der Waals surface area contributed by atoms with E-state index in [0.29, 0.717) is 10.1 Å². The highest BCUT2D eigenvalue weighted by Gasteiger charge is 2.25. The first-order valence-electron chi connectivity index (χ1n) is 4.08. The Morgan fingerprint density at radius 2 is 2.13 bits per heavy atom. The van der Waals surface area contributed by atoms with Gasteiger partial charge < -0.3 is 9.52 Å². The first-order chi connectivity index (χ1) is 6.84. The number of rotatable bonds is 4. The van der Waals surface area contributed by atoms with Crippen LogP contribution in [-0.4, -0.2) is 37.4 Å². The molecule has 0 fully saturated rings. The van der Waals surface area contributed by atoms with Crippen LogP contribution in [0.25, 0.3) is 0 Å². The maximum Gasteiger partial charge on any atom is 0.318 e. The number of furan rings is 1. The van der Waals surface area contributed by atoms with E-state index in [1.165, 1.54) is 19.2 Å². The summed E-state index contributed by atoms with van der Waals surface area (Å²) in [6, 6.07) is 2.80. The van der Waals surface area contributed by atoms with Gasteiger partial charge in [0.1, 0.15) is 12.3 Å². The van der Waals surface area contributed by atoms with Crippen LogP contribution in [0.1, 0.15) is 5.76 Å². The fourth-order valence-electron chi connectivity index (χ4n) is 0.980. The number of sulfonamides is 1. The standard InChI is InChI=1S/C8H11NO5S/c1-6-3-4-8(14-6)15(12,13)9(2)5-7(10)11/h3-4H,5H2,1-2H3,(H,10,11). The van der Waals surface area contributed by atoms with Gasteiger partial charge >= 0.3 is 5.97 Å². The van der Waals surface area contributed by atoms with Gasteiger partial charge in [-0.2, -0.15) is 4.31 Å². The monoisotopic (exact) mass is 233 g/mol. The second-order valence-electron chi connectivity index (χ2n) is 3.02. The Bertz CT molecular complexity index is 461. The lowest BCUT2D eigenvalue weighted by Crippen LogP contribution is -2.31. The minimum absolute atomic E-state index is 0.247. The van der Waals surface area contributed by atoms with Crippen molar-refractivity contribution in [1.82, 2.24) is 4.31 Å². The second-order valence-corrected chi connectivity index (χ2v) is 5.00. The van der Waals surface area contributed by atoms with Gasteiger partial charge in [0.15, 0.2) is 0 Å². The van der Waals surface area contributed by atoms with Crippen LogP contribution in [0.4, 0.5) is 0 Å². The fourth-order valence-corrected chi connectivity index (χ4v) is 2.04. The highest BCUT2D eigenvalue weighted by atomic mass is 32.2. The predicted molar refractivity (Wildman–Crippen MR) is 50.9 cm³/mol. The molecule has 1 aromatic rings. The molecule has 0 aliphatic rings. The van der Waals surface area contributed by atoms with Crippen LogP contribution in [-0.2, 0) is 14.8 Å². The van der Waals surface area contributed by atoms with E-state index < -0.39 is 22.5 Å². The van der Waals surface area contributed by atoms with Crippen molar-refractivity contribution in [3.8, 4) is 0 Å². The molecular formula is C8H11NO5S. The molecular weight excluding hydrogens is 222 g/mol. The number of carboxylic acid groups (broad SMARTS) is 1. The number of aryl methyl sites for hydroxylation is 1. The lowest BCUT2D eigenvalue weighted by Gasteiger charge is -2.12. The van der Waals surface area contributed by atoms with Gasteiger partial charge in [0.05, 0.1) is 0 Å². The molecule has 0 saturated heterocycles. The Labute approximate surface area is 87.2 Å². The number of carboxylic acids is 1. The van der Waals surface area contributed by atoms with Crippen LogP contribution in [0.3, 0.4) is 0 Å². The third-order valence-electron chi connectivity index (χ3n) is 1.74. The predicted octanol–water partition coefficient (Wildman–Crippen LogP) is 0.293. The van der Waals surface area contributed by atoms with Crippen molar-refractivity contribution >= 4 is 16.0 Å². The number of hydrogen-bond donors (Lipinski definition) is 1. The molecule has 84 valence electrons. The lowest BCUT2D eigenvalue weighted by molar-refractivity contribution is -0.137. The van der Waals surface area contributed by atoms with Gasteiger partial charge in [0, 0.05) is 7.05 Å². The summed E-state index contributed by atoms with van der Waals surface area (Å²) in [4.78, 5) is 10.4. The molecule has 0 unspecified atom stereocenters. The smallest absolute Gasteiger partial charge is 0.318 e. The summed E-state index contributed by atoms with van der Waals surface area (Å²) in [6.45, 7) is 1.01. The topological polar surface area (TPSA) is 87.8 Å². The van der Waals surface area contributed by atoms with Crippen LogP contribution >= 0.6 is 0 Å². The quantitative estimate of drug-likeness (QED) is 0.807. The van der Waals surface area contributed by atoms with Gasteiger partial charge in [-0.3, -0.25) is 4.79 Å². The average molecular weight is 233 g/mol. The maximum absolute atomic E-state index is 11.6. The van der Waals surface area contributed by atoms with Crippen LogP contribution in [0, 0.1) is 6.92 Å². The molecule has 0 amide bonds. The SMILES string of the molecule is Cc1ccc(S(=O)(=O)N(C)CC(=O)O)o1. The van der Waals surface area contributed by atoms with Crippen molar-refractivity contribution in [2.45, 2.75) is 12.0 Å². The molecule has 1 N–H and O–H groups in total. The van der Waals surface area contributed by atoms with Crippen LogP contribution in [0.2, 0.25) is 0 Å². The van der Waals surface area contributed by atoms with Crippen LogP contribution in [0.5, 0.6) is 0 Å². The van der Waals surface area contributed by atoms with Crippen molar-refractivity contribution in [1.29, 1.82) is 0 Å². The van der Waals surface area contributed by atoms with Crippen LogP contribution < -0.4 is 0 Å². The van der Waals surface area contributed by atoms with E-state index in [2.05, 4.69) is 0 Å². The summed E-state index contributed by atoms with van der Waals surface area (Å²) in [5, 5.41) is 8.22. The third-order valence-corrected chi connectivity index (χ3v) is 3.42. The van der Waals surface area contributed by atoms with E-state index in [1.54, 1.807) is 6.92 Å². The van der Waals surface area contributed by atoms with Crippen LogP contribution in [0.15, 0.2) is 21.6 Å². The highest BCUT2D eigenvalue weighted by Crippen LogP contribution is 2.16. The fraction of sp³-hybridized carbons (Fsp3) is 0.375. The van der Waals surface area contributed by atoms with Gasteiger partial charge in [-0.05, 0) is 19.1 Å². The molecule has 15 heavy (non-hydrogen) atoms. The lowest BCUT2D eigenvalue weighted by atomic mass is 10.5. The summed E-state index contributed by atoms with van der Waals surface area (Å²) >= 11 is 0. The second kappa shape index (κ2) is 4.03. The molecule has 0 bridgehead atoms. The zero-order chi connectivity index (χ0) is 11.6. The Hall–Kier alpha value is -1.34. The largest absolute Gasteiger partial charge is 0.480 e. The van der Waals surface area contributed by atoms with Crippen molar-refractivity contribution in [3.05, 3.63) is 17.9 Å². The van der Waals surface area contributed by atoms with Crippen molar-refractivity contribution in [3.63, 3.8) is 0 Å². The summed E-state index contributed by atoms with van der Waals surface area (Å²) < 4.78 is 28.9. The number of hydrogen-bond acceptors (Lipinski definition) is 4. The zero-order valence-electron chi connectivity index (χ0n) is 8.30. The van der Waals surface area contributed by atoms with Gasteiger partial charge in [-0.15, -0.1) is 0 Å². The Morgan fingerprint density at radius 1 is 1.53 bits per heavy atom. The van der Waals surface area contributed by atoms with E-state index in [-0.39, 0.29) is 5.09 Å². The highest BCUT2D eigenvalue weighted by molar-refractivity contribution is 7.89. The van der Waals surface area contributed by atoms with E-state index in [4.69, 9.17) is 9.52 Å². The van der Waals surface area contributed by atoms with E-state index >= 15 is 0 Å². The van der Waals surface area contributed by atoms with Gasteiger partial charge in [-0.1, -0.05) is 0 Å². The normalized spacial score (nSPS) is 11.9. The first-order valence-corrected chi connectivity index (χ1v) is 5.52. The molecule has 0 atom stereocenters. The Kier molecular flexibility index (Phi) is 3.15. The molecule has 1 aromatic heterocycles. The molecule has 7 heteroatoms. The minimum Gasteiger partial charge on any atom is -0.480 e. The third kappa shape index (κ3) is 2.57. The van der Waals surface area contributed by atoms with Gasteiger partial charge in [-0.25, -0.2) is 8.42 Å². The summed E-state index contributed by atoms with van der Waals surface area (Å²) in [6.07, 6.45) is 0. The molecule has 1 rings (SSSR count). The molecule has 1 heterocycles. The van der Waals surface area contributed by atoms with Crippen molar-refractivity contribution in [2.75, 3.05) is 13.6 Å². The number of carbonyl (C=O) groups is 1. The van der Waals surface area contributed by atoms with E-state index in [9.17, 15) is 13.2 Å². The van der Waals surface area contributed by atoms with E-state index in [0.717, 1.165) is 0 Å². The van der Waals surface area contributed by atoms with Gasteiger partial charge in [0.25, 0.3) is 10.0 Å². The Morgan fingerprint density at radius 3 is 2.53 bits per heavy atom. The molecule has 0 spiro atoms. The minimum atomic E-state index is -3.83. The zero-order valence-corrected chi connectivity index (χ0v) is 9.11.